The van der Waals surface area contributed by atoms with Crippen LogP contribution in [0.3, 0.4) is 0 Å². The van der Waals surface area contributed by atoms with Crippen LogP contribution in [0.2, 0.25) is 4.47 Å². The standard InChI is InChI=1S/C5H11ITe/c1-2-3-4-5-7-6/h2-5H2,1H3. The first-order valence-corrected chi connectivity index (χ1v) is 11.1. The first-order chi connectivity index (χ1) is 3.41. The first kappa shape index (κ1) is 8.52. The zero-order valence-corrected chi connectivity index (χ0v) is 9.10. The van der Waals surface area contributed by atoms with Gasteiger partial charge in [-0.1, -0.05) is 0 Å². The molecule has 0 atom stereocenters. The fraction of sp³-hybridized carbons (Fsp3) is 1.00. The number of rotatable bonds is 4. The third kappa shape index (κ3) is 7.52. The summed E-state index contributed by atoms with van der Waals surface area (Å²) in [7, 11) is 0. The maximum absolute atomic E-state index is 2.56. The van der Waals surface area contributed by atoms with Crippen LogP contribution in [0.15, 0.2) is 0 Å². The summed E-state index contributed by atoms with van der Waals surface area (Å²) in [5.41, 5.74) is 0. The zero-order chi connectivity index (χ0) is 5.54. The number of unbranched alkanes of at least 4 members (excludes halogenated alkanes) is 2. The predicted octanol–water partition coefficient (Wildman–Crippen LogP) is 2.65. The SMILES string of the molecule is CCCCC[Te]I. The van der Waals surface area contributed by atoms with Gasteiger partial charge in [0.25, 0.3) is 0 Å². The minimum atomic E-state index is 0.426. The van der Waals surface area contributed by atoms with Crippen LogP contribution in [0.4, 0.5) is 0 Å². The molecule has 7 heavy (non-hydrogen) atoms. The Morgan fingerprint density at radius 1 is 1.43 bits per heavy atom. The van der Waals surface area contributed by atoms with E-state index in [4.69, 9.17) is 0 Å². The molecule has 0 aliphatic carbocycles. The molecular weight excluding hydrogens is 315 g/mol. The Kier molecular flexibility index (Phi) is 9.15. The van der Waals surface area contributed by atoms with Gasteiger partial charge in [0, 0.05) is 0 Å². The average Bonchev–Trinajstić information content (AvgIpc) is 1.69. The van der Waals surface area contributed by atoms with Crippen LogP contribution in [0.1, 0.15) is 26.2 Å². The molecule has 0 amide bonds. The van der Waals surface area contributed by atoms with E-state index in [1.54, 1.807) is 4.47 Å². The minimum absolute atomic E-state index is 0.426. The predicted molar refractivity (Wildman–Crippen MR) is 44.1 cm³/mol. The molecule has 0 aromatic heterocycles. The maximum atomic E-state index is 2.56. The fourth-order valence-corrected chi connectivity index (χ4v) is 3.39. The molecule has 0 rings (SSSR count). The third-order valence-corrected chi connectivity index (χ3v) is 5.04. The second kappa shape index (κ2) is 7.52. The van der Waals surface area contributed by atoms with E-state index in [9.17, 15) is 0 Å². The first-order valence-electron chi connectivity index (χ1n) is 2.65. The van der Waals surface area contributed by atoms with E-state index in [2.05, 4.69) is 25.6 Å². The molecule has 0 N–H and O–H groups in total. The topological polar surface area (TPSA) is 0 Å². The van der Waals surface area contributed by atoms with Gasteiger partial charge in [0.15, 0.2) is 0 Å². The van der Waals surface area contributed by atoms with Crippen molar-refractivity contribution in [2.75, 3.05) is 0 Å². The molecule has 0 unspecified atom stereocenters. The van der Waals surface area contributed by atoms with Crippen molar-refractivity contribution in [3.63, 3.8) is 0 Å². The molecule has 44 valence electrons. The summed E-state index contributed by atoms with van der Waals surface area (Å²) >= 11 is 2.98. The van der Waals surface area contributed by atoms with E-state index in [1.807, 2.05) is 0 Å². The van der Waals surface area contributed by atoms with Gasteiger partial charge in [0.2, 0.25) is 0 Å². The summed E-state index contributed by atoms with van der Waals surface area (Å²) in [6, 6.07) is 0. The Balaban J connectivity index is 2.45. The van der Waals surface area contributed by atoms with Crippen molar-refractivity contribution in [1.29, 1.82) is 0 Å². The van der Waals surface area contributed by atoms with E-state index in [0.29, 0.717) is 17.0 Å². The Morgan fingerprint density at radius 2 is 2.14 bits per heavy atom. The summed E-state index contributed by atoms with van der Waals surface area (Å²) in [6.07, 6.45) is 4.32. The normalized spacial score (nSPS) is 9.43. The molecule has 0 aliphatic heterocycles. The molecular formula is C5H11ITe. The van der Waals surface area contributed by atoms with Gasteiger partial charge < -0.3 is 0 Å². The van der Waals surface area contributed by atoms with Crippen molar-refractivity contribution >= 4 is 35.7 Å². The van der Waals surface area contributed by atoms with Crippen LogP contribution in [-0.4, -0.2) is 17.0 Å². The molecule has 0 fully saturated rings. The molecule has 0 heterocycles. The summed E-state index contributed by atoms with van der Waals surface area (Å²) in [5, 5.41) is 0. The van der Waals surface area contributed by atoms with E-state index in [0.717, 1.165) is 0 Å². The van der Waals surface area contributed by atoms with Crippen LogP contribution < -0.4 is 0 Å². The van der Waals surface area contributed by atoms with Gasteiger partial charge in [-0.25, -0.2) is 0 Å². The summed E-state index contributed by atoms with van der Waals surface area (Å²) in [4.78, 5) is 0. The van der Waals surface area contributed by atoms with Crippen molar-refractivity contribution in [2.45, 2.75) is 30.7 Å². The quantitative estimate of drug-likeness (QED) is 0.423. The van der Waals surface area contributed by atoms with Gasteiger partial charge in [0.05, 0.1) is 0 Å². The Hall–Kier alpha value is 1.52. The van der Waals surface area contributed by atoms with Crippen molar-refractivity contribution in [1.82, 2.24) is 0 Å². The van der Waals surface area contributed by atoms with E-state index in [-0.39, 0.29) is 0 Å². The molecule has 0 bridgehead atoms. The molecule has 0 saturated carbocycles. The van der Waals surface area contributed by atoms with E-state index in [1.165, 1.54) is 19.3 Å². The molecule has 0 nitrogen and oxygen atoms in total. The van der Waals surface area contributed by atoms with Crippen LogP contribution in [-0.2, 0) is 0 Å². The molecule has 0 aromatic carbocycles. The van der Waals surface area contributed by atoms with Crippen LogP contribution in [0.5, 0.6) is 0 Å². The molecule has 0 saturated heterocycles. The van der Waals surface area contributed by atoms with Crippen molar-refractivity contribution in [2.24, 2.45) is 0 Å². The monoisotopic (exact) mass is 328 g/mol. The zero-order valence-electron chi connectivity index (χ0n) is 4.61. The Labute approximate surface area is 65.8 Å². The van der Waals surface area contributed by atoms with Gasteiger partial charge >= 0.3 is 66.3 Å². The molecule has 0 radical (unpaired) electrons. The van der Waals surface area contributed by atoms with Crippen molar-refractivity contribution in [3.05, 3.63) is 0 Å². The summed E-state index contributed by atoms with van der Waals surface area (Å²) < 4.78 is 1.54. The average molecular weight is 326 g/mol. The number of hydrogen-bond donors (Lipinski definition) is 0. The van der Waals surface area contributed by atoms with Gasteiger partial charge in [0.1, 0.15) is 0 Å². The van der Waals surface area contributed by atoms with Gasteiger partial charge in [-0.15, -0.1) is 0 Å². The van der Waals surface area contributed by atoms with Gasteiger partial charge in [-0.05, 0) is 0 Å². The van der Waals surface area contributed by atoms with Crippen LogP contribution >= 0.6 is 18.7 Å². The second-order valence-electron chi connectivity index (χ2n) is 1.52. The number of hydrogen-bond acceptors (Lipinski definition) is 0. The van der Waals surface area contributed by atoms with E-state index < -0.39 is 0 Å². The molecule has 0 aliphatic rings. The molecule has 2 heteroatoms. The third-order valence-electron chi connectivity index (χ3n) is 0.825. The fourth-order valence-electron chi connectivity index (χ4n) is 0.407. The van der Waals surface area contributed by atoms with Crippen molar-refractivity contribution in [3.8, 4) is 0 Å². The summed E-state index contributed by atoms with van der Waals surface area (Å²) in [6.45, 7) is 2.26. The molecule has 0 aromatic rings. The summed E-state index contributed by atoms with van der Waals surface area (Å²) in [5.74, 6) is 0. The Bertz CT molecular complexity index is 27.3. The molecule has 0 spiro atoms. The van der Waals surface area contributed by atoms with Crippen molar-refractivity contribution < 1.29 is 0 Å². The number of halogens is 1. The van der Waals surface area contributed by atoms with Gasteiger partial charge in [-0.3, -0.25) is 0 Å². The Morgan fingerprint density at radius 3 is 2.57 bits per heavy atom. The van der Waals surface area contributed by atoms with Crippen LogP contribution in [0.25, 0.3) is 0 Å². The van der Waals surface area contributed by atoms with Crippen LogP contribution in [0, 0.1) is 0 Å². The van der Waals surface area contributed by atoms with Gasteiger partial charge in [-0.2, -0.15) is 0 Å². The second-order valence-corrected chi connectivity index (χ2v) is 7.49. The van der Waals surface area contributed by atoms with E-state index >= 15 is 0 Å².